The average Bonchev–Trinajstić information content (AvgIpc) is 3.90. The number of benzene rings is 3. The number of carbonyl (C=O) groups excluding carboxylic acids is 1. The second-order valence-corrected chi connectivity index (χ2v) is 14.2. The molecule has 5 heterocycles. The Bertz CT molecular complexity index is 2580. The third kappa shape index (κ3) is 5.96. The Kier molecular flexibility index (Phi) is 8.10. The molecule has 3 aromatic carbocycles. The maximum absolute atomic E-state index is 11.8. The normalized spacial score (nSPS) is 12.1. The molecule has 52 heavy (non-hydrogen) atoms. The number of carbonyl (C=O) groups is 1. The summed E-state index contributed by atoms with van der Waals surface area (Å²) < 4.78 is 0. The lowest BCUT2D eigenvalue weighted by Crippen LogP contribution is -2.05. The Morgan fingerprint density at radius 2 is 1.00 bits per heavy atom. The average molecular weight is 680 g/mol. The van der Waals surface area contributed by atoms with Gasteiger partial charge in [0.15, 0.2) is 0 Å². The summed E-state index contributed by atoms with van der Waals surface area (Å²) in [6.07, 6.45) is 8.45. The molecule has 1 amide bonds. The fourth-order valence-electron chi connectivity index (χ4n) is 8.04. The molecule has 0 unspecified atom stereocenters. The number of aromatic nitrogens is 4. The van der Waals surface area contributed by atoms with Gasteiger partial charge in [0.1, 0.15) is 0 Å². The van der Waals surface area contributed by atoms with E-state index in [0.29, 0.717) is 0 Å². The van der Waals surface area contributed by atoms with Gasteiger partial charge < -0.3 is 15.3 Å². The zero-order chi connectivity index (χ0) is 36.3. The second-order valence-electron chi connectivity index (χ2n) is 14.2. The third-order valence-electron chi connectivity index (χ3n) is 9.92. The van der Waals surface area contributed by atoms with Crippen LogP contribution in [0.25, 0.3) is 79.8 Å². The first-order valence-electron chi connectivity index (χ1n) is 17.7. The molecule has 0 atom stereocenters. The summed E-state index contributed by atoms with van der Waals surface area (Å²) in [6, 6.07) is 27.6. The Hall–Kier alpha value is -6.27. The van der Waals surface area contributed by atoms with Crippen molar-refractivity contribution in [2.24, 2.45) is 0 Å². The summed E-state index contributed by atoms with van der Waals surface area (Å²) in [4.78, 5) is 30.0. The maximum Gasteiger partial charge on any atom is 0.221 e. The number of rotatable bonds is 4. The van der Waals surface area contributed by atoms with Crippen molar-refractivity contribution in [2.45, 2.75) is 48.5 Å². The van der Waals surface area contributed by atoms with E-state index in [1.807, 2.05) is 24.3 Å². The van der Waals surface area contributed by atoms with Crippen LogP contribution in [0.3, 0.4) is 0 Å². The highest BCUT2D eigenvalue weighted by Gasteiger charge is 2.20. The van der Waals surface area contributed by atoms with E-state index in [1.54, 1.807) is 0 Å². The Labute approximate surface area is 304 Å². The summed E-state index contributed by atoms with van der Waals surface area (Å²) in [7, 11) is 0. The smallest absolute Gasteiger partial charge is 0.221 e. The number of fused-ring (bicyclic) bond motifs is 8. The molecule has 8 rings (SSSR count). The molecule has 256 valence electrons. The first-order chi connectivity index (χ1) is 25.0. The predicted octanol–water partition coefficient (Wildman–Crippen LogP) is 11.5. The molecule has 0 radical (unpaired) electrons. The standard InChI is InChI=1S/C46H41N5O/c1-25-20-27(3)42(28(4)21-25)45-38-14-12-34(48-38)24-35-13-15-39(49-35)46(43-29(5)22-26(2)23-30(43)6)41-19-17-37(51-41)44(36-16-18-40(45)50-36)32-8-10-33(11-9-32)47-31(7)52/h8-24,48,51H,1-7H3,(H,47,52). The number of aromatic amines is 2. The third-order valence-corrected chi connectivity index (χ3v) is 9.92. The molecular weight excluding hydrogens is 639 g/mol. The summed E-state index contributed by atoms with van der Waals surface area (Å²) in [6.45, 7) is 14.5. The summed E-state index contributed by atoms with van der Waals surface area (Å²) in [5.41, 5.74) is 21.8. The highest BCUT2D eigenvalue weighted by atomic mass is 16.1. The van der Waals surface area contributed by atoms with Crippen LogP contribution in [0, 0.1) is 41.5 Å². The van der Waals surface area contributed by atoms with Crippen LogP contribution in [0.4, 0.5) is 5.69 Å². The van der Waals surface area contributed by atoms with Crippen molar-refractivity contribution in [3.05, 3.63) is 135 Å². The number of nitrogens with one attached hydrogen (secondary N) is 3. The van der Waals surface area contributed by atoms with Crippen molar-refractivity contribution in [1.82, 2.24) is 19.9 Å². The van der Waals surface area contributed by atoms with Crippen molar-refractivity contribution >= 4 is 58.0 Å². The van der Waals surface area contributed by atoms with Crippen molar-refractivity contribution in [3.8, 4) is 33.4 Å². The fraction of sp³-hybridized carbons (Fsp3) is 0.152. The van der Waals surface area contributed by atoms with E-state index in [9.17, 15) is 4.79 Å². The number of nitrogens with zero attached hydrogens (tertiary/aromatic N) is 2. The zero-order valence-electron chi connectivity index (χ0n) is 30.6. The SMILES string of the molecule is CC(=O)Nc1ccc(-c2c3nc(c(-c4c(C)cc(C)cc4C)c4ccc(cc5nc(c(-c6c(C)cc(C)cc6C)c6ccc2[nH]6)C=C5)[nH]4)C=C3)cc1. The molecule has 0 saturated carbocycles. The van der Waals surface area contributed by atoms with Crippen molar-refractivity contribution in [1.29, 1.82) is 0 Å². The minimum Gasteiger partial charge on any atom is -0.355 e. The van der Waals surface area contributed by atoms with E-state index in [1.165, 1.54) is 51.4 Å². The van der Waals surface area contributed by atoms with Gasteiger partial charge in [-0.05, 0) is 147 Å². The lowest BCUT2D eigenvalue weighted by Gasteiger charge is -2.13. The minimum atomic E-state index is -0.106. The molecule has 6 aromatic rings. The zero-order valence-corrected chi connectivity index (χ0v) is 30.6. The molecule has 0 aliphatic carbocycles. The van der Waals surface area contributed by atoms with Crippen molar-refractivity contribution in [2.75, 3.05) is 5.32 Å². The highest BCUT2D eigenvalue weighted by molar-refractivity contribution is 5.99. The van der Waals surface area contributed by atoms with Gasteiger partial charge in [-0.2, -0.15) is 0 Å². The molecule has 6 heteroatoms. The maximum atomic E-state index is 11.8. The van der Waals surface area contributed by atoms with Gasteiger partial charge in [-0.3, -0.25) is 4.79 Å². The molecule has 2 aliphatic rings. The first-order valence-corrected chi connectivity index (χ1v) is 17.7. The summed E-state index contributed by atoms with van der Waals surface area (Å²) >= 11 is 0. The van der Waals surface area contributed by atoms with Gasteiger partial charge in [-0.25, -0.2) is 9.97 Å². The van der Waals surface area contributed by atoms with Gasteiger partial charge in [-0.1, -0.05) is 47.5 Å². The summed E-state index contributed by atoms with van der Waals surface area (Å²) in [5.74, 6) is -0.106. The molecular formula is C46H41N5O. The van der Waals surface area contributed by atoms with Gasteiger partial charge in [-0.15, -0.1) is 0 Å². The first kappa shape index (κ1) is 32.9. The van der Waals surface area contributed by atoms with Gasteiger partial charge in [0.05, 0.1) is 22.8 Å². The molecule has 0 saturated heterocycles. The molecule has 0 fully saturated rings. The number of hydrogen-bond acceptors (Lipinski definition) is 3. The predicted molar refractivity (Wildman–Crippen MR) is 218 cm³/mol. The van der Waals surface area contributed by atoms with Gasteiger partial charge in [0.2, 0.25) is 5.91 Å². The van der Waals surface area contributed by atoms with Crippen molar-refractivity contribution < 1.29 is 4.79 Å². The van der Waals surface area contributed by atoms with Crippen LogP contribution in [0.1, 0.15) is 63.1 Å². The number of hydrogen-bond donors (Lipinski definition) is 3. The number of H-pyrrole nitrogens is 2. The lowest BCUT2D eigenvalue weighted by atomic mass is 9.92. The van der Waals surface area contributed by atoms with Crippen LogP contribution in [0.5, 0.6) is 0 Å². The van der Waals surface area contributed by atoms with E-state index in [2.05, 4.69) is 136 Å². The molecule has 3 aromatic heterocycles. The van der Waals surface area contributed by atoms with Crippen LogP contribution < -0.4 is 5.32 Å². The number of amides is 1. The van der Waals surface area contributed by atoms with E-state index in [4.69, 9.17) is 9.97 Å². The Morgan fingerprint density at radius 3 is 1.58 bits per heavy atom. The molecule has 6 nitrogen and oxygen atoms in total. The van der Waals surface area contributed by atoms with Crippen LogP contribution in [0.15, 0.2) is 78.9 Å². The molecule has 2 aliphatic heterocycles. The Balaban J connectivity index is 1.53. The second kappa shape index (κ2) is 12.8. The quantitative estimate of drug-likeness (QED) is 0.173. The largest absolute Gasteiger partial charge is 0.355 e. The van der Waals surface area contributed by atoms with Crippen LogP contribution in [-0.4, -0.2) is 25.8 Å². The van der Waals surface area contributed by atoms with E-state index in [-0.39, 0.29) is 5.91 Å². The monoisotopic (exact) mass is 679 g/mol. The van der Waals surface area contributed by atoms with E-state index >= 15 is 0 Å². The lowest BCUT2D eigenvalue weighted by molar-refractivity contribution is -0.114. The van der Waals surface area contributed by atoms with E-state index in [0.717, 1.165) is 72.8 Å². The highest BCUT2D eigenvalue weighted by Crippen LogP contribution is 2.39. The Morgan fingerprint density at radius 1 is 0.519 bits per heavy atom. The minimum absolute atomic E-state index is 0.106. The molecule has 0 spiro atoms. The number of anilines is 1. The summed E-state index contributed by atoms with van der Waals surface area (Å²) in [5, 5.41) is 2.90. The van der Waals surface area contributed by atoms with Crippen LogP contribution >= 0.6 is 0 Å². The molecule has 8 bridgehead atoms. The van der Waals surface area contributed by atoms with Crippen LogP contribution in [-0.2, 0) is 4.79 Å². The number of aryl methyl sites for hydroxylation is 6. The molecule has 3 N–H and O–H groups in total. The van der Waals surface area contributed by atoms with Gasteiger partial charge >= 0.3 is 0 Å². The topological polar surface area (TPSA) is 86.5 Å². The fourth-order valence-corrected chi connectivity index (χ4v) is 8.04. The van der Waals surface area contributed by atoms with Gasteiger partial charge in [0, 0.05) is 51.4 Å². The van der Waals surface area contributed by atoms with Crippen molar-refractivity contribution in [3.63, 3.8) is 0 Å². The van der Waals surface area contributed by atoms with Crippen LogP contribution in [0.2, 0.25) is 0 Å². The van der Waals surface area contributed by atoms with Gasteiger partial charge in [0.25, 0.3) is 0 Å². The van der Waals surface area contributed by atoms with E-state index < -0.39 is 0 Å².